The molecule has 0 radical (unpaired) electrons. The minimum Gasteiger partial charge on any atom is -0.368 e. The summed E-state index contributed by atoms with van der Waals surface area (Å²) in [5.41, 5.74) is 1.85. The van der Waals surface area contributed by atoms with E-state index in [1.165, 1.54) is 12.1 Å². The van der Waals surface area contributed by atoms with Gasteiger partial charge < -0.3 is 15.1 Å². The van der Waals surface area contributed by atoms with Gasteiger partial charge in [-0.2, -0.15) is 5.26 Å². The Morgan fingerprint density at radius 3 is 2.44 bits per heavy atom. The molecule has 138 valence electrons. The van der Waals surface area contributed by atoms with Crippen LogP contribution in [0.3, 0.4) is 0 Å². The van der Waals surface area contributed by atoms with Crippen LogP contribution in [0.15, 0.2) is 48.5 Å². The van der Waals surface area contributed by atoms with E-state index in [0.29, 0.717) is 37.4 Å². The van der Waals surface area contributed by atoms with Gasteiger partial charge in [0.25, 0.3) is 0 Å². The molecule has 6 nitrogen and oxygen atoms in total. The molecular formula is C20H19FN4O2. The molecule has 1 N–H and O–H groups in total. The van der Waals surface area contributed by atoms with Crippen LogP contribution in [0.1, 0.15) is 12.0 Å². The van der Waals surface area contributed by atoms with E-state index in [1.807, 2.05) is 6.07 Å². The number of nitriles is 1. The number of rotatable bonds is 4. The van der Waals surface area contributed by atoms with E-state index in [1.54, 1.807) is 41.3 Å². The maximum absolute atomic E-state index is 13.0. The van der Waals surface area contributed by atoms with Crippen molar-refractivity contribution in [3.63, 3.8) is 0 Å². The van der Waals surface area contributed by atoms with Crippen molar-refractivity contribution in [1.82, 2.24) is 4.90 Å². The Labute approximate surface area is 156 Å². The first-order chi connectivity index (χ1) is 13.0. The molecule has 1 heterocycles. The van der Waals surface area contributed by atoms with E-state index in [0.717, 1.165) is 5.69 Å². The van der Waals surface area contributed by atoms with E-state index < -0.39 is 5.91 Å². The number of halogens is 1. The zero-order chi connectivity index (χ0) is 19.2. The lowest BCUT2D eigenvalue weighted by atomic mass is 10.2. The fraction of sp³-hybridized carbons (Fsp3) is 0.250. The molecule has 0 unspecified atom stereocenters. The predicted molar refractivity (Wildman–Crippen MR) is 99.6 cm³/mol. The molecule has 1 fully saturated rings. The fourth-order valence-corrected chi connectivity index (χ4v) is 2.99. The maximum Gasteiger partial charge on any atom is 0.233 e. The zero-order valence-electron chi connectivity index (χ0n) is 14.7. The van der Waals surface area contributed by atoms with Gasteiger partial charge in [-0.05, 0) is 42.5 Å². The number of hydrogen-bond donors (Lipinski definition) is 1. The number of nitrogens with one attached hydrogen (secondary N) is 1. The van der Waals surface area contributed by atoms with Crippen molar-refractivity contribution in [2.24, 2.45) is 0 Å². The molecule has 1 aliphatic heterocycles. The number of benzene rings is 2. The van der Waals surface area contributed by atoms with E-state index >= 15 is 0 Å². The Balaban J connectivity index is 1.49. The van der Waals surface area contributed by atoms with Crippen LogP contribution in [0.25, 0.3) is 0 Å². The van der Waals surface area contributed by atoms with Crippen LogP contribution in [-0.4, -0.2) is 42.9 Å². The molecule has 0 bridgehead atoms. The van der Waals surface area contributed by atoms with Crippen molar-refractivity contribution >= 4 is 23.2 Å². The van der Waals surface area contributed by atoms with Crippen molar-refractivity contribution in [1.29, 1.82) is 5.26 Å². The normalized spacial score (nSPS) is 13.8. The van der Waals surface area contributed by atoms with Gasteiger partial charge >= 0.3 is 0 Å². The quantitative estimate of drug-likeness (QED) is 0.843. The van der Waals surface area contributed by atoms with Crippen LogP contribution in [0.5, 0.6) is 0 Å². The zero-order valence-corrected chi connectivity index (χ0v) is 14.7. The molecule has 1 aliphatic rings. The minimum atomic E-state index is -0.406. The molecule has 0 atom stereocenters. The second-order valence-electron chi connectivity index (χ2n) is 6.26. The van der Waals surface area contributed by atoms with Crippen LogP contribution >= 0.6 is 0 Å². The highest BCUT2D eigenvalue weighted by molar-refractivity contribution is 6.03. The van der Waals surface area contributed by atoms with Gasteiger partial charge in [0.15, 0.2) is 0 Å². The van der Waals surface area contributed by atoms with Crippen molar-refractivity contribution < 1.29 is 14.0 Å². The molecule has 0 saturated carbocycles. The van der Waals surface area contributed by atoms with Crippen molar-refractivity contribution in [3.05, 3.63) is 59.9 Å². The number of hydrogen-bond acceptors (Lipinski definition) is 4. The summed E-state index contributed by atoms with van der Waals surface area (Å²) in [7, 11) is 0. The Hall–Kier alpha value is -3.40. The van der Waals surface area contributed by atoms with E-state index in [4.69, 9.17) is 5.26 Å². The van der Waals surface area contributed by atoms with Crippen LogP contribution in [0, 0.1) is 17.1 Å². The lowest BCUT2D eigenvalue weighted by molar-refractivity contribution is -0.134. The number of piperazine rings is 1. The standard InChI is InChI=1S/C20H19FN4O2/c21-16-4-6-18(7-5-16)24-8-10-25(11-9-24)20(27)13-19(26)23-17-3-1-2-15(12-17)14-22/h1-7,12H,8-11,13H2,(H,23,26). The summed E-state index contributed by atoms with van der Waals surface area (Å²) in [5.74, 6) is -0.919. The number of anilines is 2. The van der Waals surface area contributed by atoms with Crippen molar-refractivity contribution in [2.45, 2.75) is 6.42 Å². The molecule has 0 aliphatic carbocycles. The van der Waals surface area contributed by atoms with Crippen LogP contribution in [-0.2, 0) is 9.59 Å². The molecule has 2 aromatic rings. The Bertz CT molecular complexity index is 868. The largest absolute Gasteiger partial charge is 0.368 e. The molecular weight excluding hydrogens is 347 g/mol. The van der Waals surface area contributed by atoms with Gasteiger partial charge in [-0.15, -0.1) is 0 Å². The van der Waals surface area contributed by atoms with Gasteiger partial charge in [-0.3, -0.25) is 9.59 Å². The first-order valence-corrected chi connectivity index (χ1v) is 8.63. The second-order valence-corrected chi connectivity index (χ2v) is 6.26. The first-order valence-electron chi connectivity index (χ1n) is 8.63. The lowest BCUT2D eigenvalue weighted by Gasteiger charge is -2.36. The number of nitrogens with zero attached hydrogens (tertiary/aromatic N) is 3. The Morgan fingerprint density at radius 2 is 1.78 bits per heavy atom. The monoisotopic (exact) mass is 366 g/mol. The maximum atomic E-state index is 13.0. The first kappa shape index (κ1) is 18.4. The van der Waals surface area contributed by atoms with Gasteiger partial charge in [0, 0.05) is 37.6 Å². The van der Waals surface area contributed by atoms with E-state index in [9.17, 15) is 14.0 Å². The minimum absolute atomic E-state index is 0.234. The highest BCUT2D eigenvalue weighted by Gasteiger charge is 2.23. The summed E-state index contributed by atoms with van der Waals surface area (Å²) in [6, 6.07) is 14.8. The predicted octanol–water partition coefficient (Wildman–Crippen LogP) is 2.37. The Morgan fingerprint density at radius 1 is 1.07 bits per heavy atom. The van der Waals surface area contributed by atoms with E-state index in [-0.39, 0.29) is 18.1 Å². The van der Waals surface area contributed by atoms with Gasteiger partial charge in [0.2, 0.25) is 11.8 Å². The molecule has 2 aromatic carbocycles. The summed E-state index contributed by atoms with van der Waals surface area (Å²) in [5, 5.41) is 11.5. The third kappa shape index (κ3) is 4.82. The molecule has 0 aromatic heterocycles. The number of carbonyl (C=O) groups excluding carboxylic acids is 2. The smallest absolute Gasteiger partial charge is 0.233 e. The third-order valence-electron chi connectivity index (χ3n) is 4.41. The SMILES string of the molecule is N#Cc1cccc(NC(=O)CC(=O)N2CCN(c3ccc(F)cc3)CC2)c1. The van der Waals surface area contributed by atoms with Gasteiger partial charge in [0.1, 0.15) is 12.2 Å². The fourth-order valence-electron chi connectivity index (χ4n) is 2.99. The van der Waals surface area contributed by atoms with Gasteiger partial charge in [-0.1, -0.05) is 6.07 Å². The van der Waals surface area contributed by atoms with Crippen LogP contribution < -0.4 is 10.2 Å². The molecule has 3 rings (SSSR count). The number of carbonyl (C=O) groups is 2. The lowest BCUT2D eigenvalue weighted by Crippen LogP contribution is -2.49. The molecule has 7 heteroatoms. The van der Waals surface area contributed by atoms with Crippen molar-refractivity contribution in [3.8, 4) is 6.07 Å². The van der Waals surface area contributed by atoms with Gasteiger partial charge in [-0.25, -0.2) is 4.39 Å². The summed E-state index contributed by atoms with van der Waals surface area (Å²) in [6.07, 6.45) is -0.243. The average molecular weight is 366 g/mol. The highest BCUT2D eigenvalue weighted by atomic mass is 19.1. The Kier molecular flexibility index (Phi) is 5.67. The third-order valence-corrected chi connectivity index (χ3v) is 4.41. The second kappa shape index (κ2) is 8.32. The number of amides is 2. The molecule has 27 heavy (non-hydrogen) atoms. The van der Waals surface area contributed by atoms with Crippen LogP contribution in [0.2, 0.25) is 0 Å². The molecule has 2 amide bonds. The average Bonchev–Trinajstić information content (AvgIpc) is 2.68. The topological polar surface area (TPSA) is 76.4 Å². The molecule has 1 saturated heterocycles. The van der Waals surface area contributed by atoms with Crippen molar-refractivity contribution in [2.75, 3.05) is 36.4 Å². The van der Waals surface area contributed by atoms with Gasteiger partial charge in [0.05, 0.1) is 11.6 Å². The molecule has 0 spiro atoms. The summed E-state index contributed by atoms with van der Waals surface area (Å²) in [6.45, 7) is 2.27. The highest BCUT2D eigenvalue weighted by Crippen LogP contribution is 2.17. The summed E-state index contributed by atoms with van der Waals surface area (Å²) >= 11 is 0. The summed E-state index contributed by atoms with van der Waals surface area (Å²) < 4.78 is 13.0. The van der Waals surface area contributed by atoms with Crippen LogP contribution in [0.4, 0.5) is 15.8 Å². The van der Waals surface area contributed by atoms with E-state index in [2.05, 4.69) is 10.2 Å². The summed E-state index contributed by atoms with van der Waals surface area (Å²) in [4.78, 5) is 28.2.